The fourth-order valence-corrected chi connectivity index (χ4v) is 9.02. The van der Waals surface area contributed by atoms with Crippen LogP contribution in [0.4, 0.5) is 11.4 Å². The number of aryl methyl sites for hydroxylation is 2. The highest BCUT2D eigenvalue weighted by atomic mass is 35.5. The van der Waals surface area contributed by atoms with Gasteiger partial charge in [-0.1, -0.05) is 68.8 Å². The predicted molar refractivity (Wildman–Crippen MR) is 260 cm³/mol. The summed E-state index contributed by atoms with van der Waals surface area (Å²) in [4.78, 5) is 74.1. The summed E-state index contributed by atoms with van der Waals surface area (Å²) in [5.74, 6) is -1.02. The quantitative estimate of drug-likeness (QED) is 0.0734. The van der Waals surface area contributed by atoms with Gasteiger partial charge >= 0.3 is 0 Å². The van der Waals surface area contributed by atoms with Crippen LogP contribution in [0.3, 0.4) is 0 Å². The van der Waals surface area contributed by atoms with Crippen molar-refractivity contribution in [2.24, 2.45) is 12.5 Å². The summed E-state index contributed by atoms with van der Waals surface area (Å²) in [5, 5.41) is 16.2. The Bertz CT molecular complexity index is 2390. The highest BCUT2D eigenvalue weighted by Crippen LogP contribution is 2.31. The van der Waals surface area contributed by atoms with Crippen molar-refractivity contribution in [1.82, 2.24) is 40.5 Å². The first-order valence-corrected chi connectivity index (χ1v) is 24.2. The fraction of sp³-hybridized carbons (Fsp3) is 0.521. The average molecular weight is 979 g/mol. The Morgan fingerprint density at radius 3 is 2.29 bits per heavy atom. The van der Waals surface area contributed by atoms with Crippen molar-refractivity contribution in [3.05, 3.63) is 91.9 Å². The van der Waals surface area contributed by atoms with Gasteiger partial charge in [-0.2, -0.15) is 5.10 Å². The van der Waals surface area contributed by atoms with E-state index in [4.69, 9.17) is 30.5 Å². The summed E-state index contributed by atoms with van der Waals surface area (Å²) in [6.07, 6.45) is 3.50. The van der Waals surface area contributed by atoms with E-state index in [0.29, 0.717) is 84.3 Å². The molecule has 2 aliphatic rings. The maximum Gasteiger partial charge on any atom is 0.287 e. The molecule has 4 aromatic rings. The zero-order valence-electron chi connectivity index (χ0n) is 39.6. The average Bonchev–Trinajstić information content (AvgIpc) is 3.99. The SMILES string of the molecule is Cc1ncsc1-c1ccc(CNC(=O)[C@@H]2CCCN2C(=O)[C@@H](NC(=O)COCCOCCOCCOCCNC(=O)CN2CCc3c(cccc3Nc3cnn(C)c(=O)c3Cl)C2)C(C)(C)C)cc1. The van der Waals surface area contributed by atoms with Gasteiger partial charge in [0, 0.05) is 45.5 Å². The van der Waals surface area contributed by atoms with Crippen LogP contribution < -0.4 is 26.8 Å². The topological polar surface area (TPSA) is 208 Å². The van der Waals surface area contributed by atoms with Crippen molar-refractivity contribution in [1.29, 1.82) is 0 Å². The van der Waals surface area contributed by atoms with Gasteiger partial charge in [-0.15, -0.1) is 11.3 Å². The van der Waals surface area contributed by atoms with Gasteiger partial charge in [0.1, 0.15) is 23.7 Å². The second-order valence-corrected chi connectivity index (χ2v) is 19.0. The molecule has 18 nitrogen and oxygen atoms in total. The lowest BCUT2D eigenvalue weighted by molar-refractivity contribution is -0.144. The third-order valence-corrected chi connectivity index (χ3v) is 13.0. The van der Waals surface area contributed by atoms with Crippen LogP contribution in [0.5, 0.6) is 0 Å². The van der Waals surface area contributed by atoms with E-state index in [1.54, 1.807) is 23.3 Å². The maximum absolute atomic E-state index is 13.9. The lowest BCUT2D eigenvalue weighted by Gasteiger charge is -2.35. The van der Waals surface area contributed by atoms with Crippen LogP contribution in [0, 0.1) is 12.3 Å². The number of amides is 4. The van der Waals surface area contributed by atoms with Crippen molar-refractivity contribution in [2.75, 3.05) is 84.4 Å². The first-order chi connectivity index (χ1) is 32.7. The first-order valence-electron chi connectivity index (χ1n) is 23.0. The minimum atomic E-state index is -0.851. The molecule has 1 saturated heterocycles. The van der Waals surface area contributed by atoms with Gasteiger partial charge in [0.25, 0.3) is 5.56 Å². The van der Waals surface area contributed by atoms with Gasteiger partial charge in [0.05, 0.1) is 80.8 Å². The molecule has 2 aromatic heterocycles. The summed E-state index contributed by atoms with van der Waals surface area (Å²) in [6, 6.07) is 12.4. The summed E-state index contributed by atoms with van der Waals surface area (Å²) < 4.78 is 23.4. The highest BCUT2D eigenvalue weighted by molar-refractivity contribution is 7.13. The van der Waals surface area contributed by atoms with E-state index in [0.717, 1.165) is 44.9 Å². The Labute approximate surface area is 406 Å². The number of aromatic nitrogens is 3. The van der Waals surface area contributed by atoms with E-state index < -0.39 is 23.4 Å². The molecule has 2 aliphatic heterocycles. The molecule has 4 heterocycles. The lowest BCUT2D eigenvalue weighted by atomic mass is 9.85. The number of anilines is 2. The third kappa shape index (κ3) is 14.9. The largest absolute Gasteiger partial charge is 0.377 e. The van der Waals surface area contributed by atoms with Gasteiger partial charge in [-0.05, 0) is 59.9 Å². The third-order valence-electron chi connectivity index (χ3n) is 11.7. The van der Waals surface area contributed by atoms with Crippen LogP contribution in [0.1, 0.15) is 56.0 Å². The van der Waals surface area contributed by atoms with Gasteiger partial charge < -0.3 is 45.1 Å². The normalized spacial score (nSPS) is 15.4. The molecule has 0 radical (unpaired) electrons. The molecule has 368 valence electrons. The molecular weight excluding hydrogens is 914 g/mol. The number of hydrogen-bond acceptors (Lipinski definition) is 14. The molecule has 0 aliphatic carbocycles. The van der Waals surface area contributed by atoms with Gasteiger partial charge in [-0.3, -0.25) is 28.9 Å². The van der Waals surface area contributed by atoms with Crippen molar-refractivity contribution in [3.8, 4) is 10.4 Å². The Balaban J connectivity index is 0.775. The van der Waals surface area contributed by atoms with E-state index >= 15 is 0 Å². The molecule has 68 heavy (non-hydrogen) atoms. The van der Waals surface area contributed by atoms with Crippen molar-refractivity contribution < 1.29 is 38.1 Å². The fourth-order valence-electron chi connectivity index (χ4n) is 7.99. The number of likely N-dealkylation sites (tertiary alicyclic amines) is 1. The molecule has 0 spiro atoms. The summed E-state index contributed by atoms with van der Waals surface area (Å²) >= 11 is 7.85. The van der Waals surface area contributed by atoms with Crippen molar-refractivity contribution in [3.63, 3.8) is 0 Å². The number of thiazole rings is 1. The van der Waals surface area contributed by atoms with Gasteiger partial charge in [-0.25, -0.2) is 9.67 Å². The zero-order chi connectivity index (χ0) is 48.6. The van der Waals surface area contributed by atoms with Crippen LogP contribution >= 0.6 is 22.9 Å². The number of rotatable bonds is 24. The number of ether oxygens (including phenoxy) is 4. The molecule has 0 saturated carbocycles. The number of carbonyl (C=O) groups excluding carboxylic acids is 4. The minimum absolute atomic E-state index is 0.0784. The zero-order valence-corrected chi connectivity index (χ0v) is 41.1. The Kier molecular flexibility index (Phi) is 19.4. The molecule has 2 aromatic carbocycles. The molecule has 0 unspecified atom stereocenters. The lowest BCUT2D eigenvalue weighted by Crippen LogP contribution is -2.58. The maximum atomic E-state index is 13.9. The number of fused-ring (bicyclic) bond motifs is 1. The van der Waals surface area contributed by atoms with Crippen molar-refractivity contribution in [2.45, 2.75) is 72.1 Å². The van der Waals surface area contributed by atoms with Crippen LogP contribution in [-0.2, 0) is 64.7 Å². The van der Waals surface area contributed by atoms with E-state index in [-0.39, 0.29) is 54.7 Å². The number of benzene rings is 2. The molecule has 1 fully saturated rings. The number of halogens is 1. The molecule has 4 N–H and O–H groups in total. The van der Waals surface area contributed by atoms with E-state index in [2.05, 4.69) is 36.2 Å². The monoisotopic (exact) mass is 977 g/mol. The van der Waals surface area contributed by atoms with Gasteiger partial charge in [0.2, 0.25) is 23.6 Å². The Morgan fingerprint density at radius 1 is 0.897 bits per heavy atom. The predicted octanol–water partition coefficient (Wildman–Crippen LogP) is 3.99. The number of hydrogen-bond donors (Lipinski definition) is 4. The molecule has 6 rings (SSSR count). The molecule has 20 heteroatoms. The second kappa shape index (κ2) is 25.4. The first kappa shape index (κ1) is 52.1. The molecule has 2 atom stereocenters. The Morgan fingerprint density at radius 2 is 1.60 bits per heavy atom. The smallest absolute Gasteiger partial charge is 0.287 e. The molecule has 0 bridgehead atoms. The van der Waals surface area contributed by atoms with Crippen molar-refractivity contribution >= 4 is 57.9 Å². The van der Waals surface area contributed by atoms with Crippen LogP contribution in [0.2, 0.25) is 5.02 Å². The number of nitrogens with one attached hydrogen (secondary N) is 4. The van der Waals surface area contributed by atoms with E-state index in [9.17, 15) is 24.0 Å². The van der Waals surface area contributed by atoms with Crippen LogP contribution in [0.25, 0.3) is 10.4 Å². The standard InChI is InChI=1S/C48H64ClN9O9S/c1-32-43(68-31-52-32)34-13-11-33(12-14-34)26-51-45(61)39-10-7-17-58(39)47(63)44(48(2,3)4)55-41(60)30-67-25-24-66-23-22-65-21-20-64-19-16-50-40(59)29-57-18-15-36-35(28-57)8-6-9-37(36)54-38-27-53-56(5)46(62)42(38)49/h6,8-9,11-14,27,31,39,44,54H,7,10,15-26,28-30H2,1-5H3,(H,50,59)(H,51,61)(H,55,60)/t39-,44+/m0/s1. The highest BCUT2D eigenvalue weighted by Gasteiger charge is 2.42. The summed E-state index contributed by atoms with van der Waals surface area (Å²) in [5.41, 5.74) is 7.37. The molecular formula is C48H64ClN9O9S. The van der Waals surface area contributed by atoms with E-state index in [1.807, 2.05) is 75.7 Å². The number of nitrogens with zero attached hydrogens (tertiary/aromatic N) is 5. The van der Waals surface area contributed by atoms with E-state index in [1.165, 1.54) is 10.9 Å². The summed E-state index contributed by atoms with van der Waals surface area (Å²) in [6.45, 7) is 12.3. The van der Waals surface area contributed by atoms with Gasteiger partial charge in [0.15, 0.2) is 0 Å². The van der Waals surface area contributed by atoms with Crippen LogP contribution in [0.15, 0.2) is 59.0 Å². The summed E-state index contributed by atoms with van der Waals surface area (Å²) in [7, 11) is 1.55. The second-order valence-electron chi connectivity index (χ2n) is 17.8. The Hall–Kier alpha value is -5.28. The minimum Gasteiger partial charge on any atom is -0.377 e. The molecule has 4 amide bonds. The van der Waals surface area contributed by atoms with Crippen LogP contribution in [-0.4, -0.2) is 139 Å². The number of carbonyl (C=O) groups is 4.